The molecule has 2 aliphatic rings. The highest BCUT2D eigenvalue weighted by atomic mass is 35.5. The first-order valence-electron chi connectivity index (χ1n) is 10.5. The van der Waals surface area contributed by atoms with Crippen molar-refractivity contribution in [3.8, 4) is 11.8 Å². The minimum absolute atomic E-state index is 0.0128. The van der Waals surface area contributed by atoms with E-state index in [2.05, 4.69) is 4.72 Å². The molecule has 2 saturated carbocycles. The summed E-state index contributed by atoms with van der Waals surface area (Å²) < 4.78 is 35.2. The van der Waals surface area contributed by atoms with Crippen LogP contribution in [-0.2, 0) is 10.0 Å². The number of nitrogens with zero attached hydrogens (tertiary/aromatic N) is 1. The zero-order valence-electron chi connectivity index (χ0n) is 17.8. The van der Waals surface area contributed by atoms with E-state index in [9.17, 15) is 28.7 Å². The van der Waals surface area contributed by atoms with Crippen LogP contribution < -0.4 is 9.46 Å². The van der Waals surface area contributed by atoms with Crippen molar-refractivity contribution in [2.75, 3.05) is 4.72 Å². The number of carbonyl (C=O) groups is 1. The highest BCUT2D eigenvalue weighted by Gasteiger charge is 2.39. The van der Waals surface area contributed by atoms with Crippen molar-refractivity contribution < 1.29 is 28.2 Å². The van der Waals surface area contributed by atoms with Gasteiger partial charge in [-0.25, -0.2) is 13.2 Å². The van der Waals surface area contributed by atoms with Crippen molar-refractivity contribution in [1.29, 1.82) is 5.26 Å². The Bertz CT molecular complexity index is 1260. The van der Waals surface area contributed by atoms with E-state index in [0.29, 0.717) is 18.4 Å². The Balaban J connectivity index is 1.76. The number of aliphatic hydroxyl groups is 1. The molecule has 0 bridgehead atoms. The molecular formula is C23H23ClN2O6S. The van der Waals surface area contributed by atoms with E-state index in [1.165, 1.54) is 24.3 Å². The fourth-order valence-electron chi connectivity index (χ4n) is 4.11. The number of hydrogen-bond donors (Lipinski definition) is 3. The van der Waals surface area contributed by atoms with Gasteiger partial charge in [0.25, 0.3) is 10.0 Å². The summed E-state index contributed by atoms with van der Waals surface area (Å²) in [4.78, 5) is 11.3. The summed E-state index contributed by atoms with van der Waals surface area (Å²) in [5.41, 5.74) is -0.663. The molecule has 2 aromatic carbocycles. The summed E-state index contributed by atoms with van der Waals surface area (Å²) in [7, 11) is -4.24. The van der Waals surface area contributed by atoms with Crippen molar-refractivity contribution in [2.45, 2.75) is 61.5 Å². The van der Waals surface area contributed by atoms with Crippen LogP contribution in [0.3, 0.4) is 0 Å². The molecule has 1 unspecified atom stereocenters. The second-order valence-corrected chi connectivity index (χ2v) is 10.8. The van der Waals surface area contributed by atoms with Gasteiger partial charge in [0.2, 0.25) is 0 Å². The zero-order valence-corrected chi connectivity index (χ0v) is 19.4. The van der Waals surface area contributed by atoms with Crippen LogP contribution >= 0.6 is 11.6 Å². The molecule has 8 nitrogen and oxygen atoms in total. The van der Waals surface area contributed by atoms with Crippen LogP contribution in [0.5, 0.6) is 5.75 Å². The molecule has 0 aliphatic heterocycles. The number of aromatic carboxylic acids is 1. The Morgan fingerprint density at radius 1 is 1.27 bits per heavy atom. The minimum Gasteiger partial charge on any atom is -0.485 e. The van der Waals surface area contributed by atoms with Crippen LogP contribution in [0.4, 0.5) is 5.69 Å². The third kappa shape index (κ3) is 4.78. The van der Waals surface area contributed by atoms with Crippen molar-refractivity contribution in [1.82, 2.24) is 0 Å². The molecule has 0 aromatic heterocycles. The SMILES string of the molecule is C[C@@]1(O)CCCC1Oc1cc(Cl)c(C#N)cc1NS(=O)(=O)c1cc(C(=O)O)ccc1C1CC1. The molecule has 10 heteroatoms. The lowest BCUT2D eigenvalue weighted by Gasteiger charge is -2.27. The molecule has 0 saturated heterocycles. The van der Waals surface area contributed by atoms with Crippen LogP contribution in [0.25, 0.3) is 0 Å². The van der Waals surface area contributed by atoms with Crippen LogP contribution in [0.1, 0.15) is 66.4 Å². The predicted molar refractivity (Wildman–Crippen MR) is 121 cm³/mol. The van der Waals surface area contributed by atoms with Gasteiger partial charge in [0.05, 0.1) is 32.3 Å². The van der Waals surface area contributed by atoms with Crippen LogP contribution in [0.15, 0.2) is 35.2 Å². The molecule has 174 valence electrons. The van der Waals surface area contributed by atoms with Gasteiger partial charge >= 0.3 is 5.97 Å². The number of nitrogens with one attached hydrogen (secondary N) is 1. The van der Waals surface area contributed by atoms with Crippen LogP contribution in [0.2, 0.25) is 5.02 Å². The van der Waals surface area contributed by atoms with E-state index in [-0.39, 0.29) is 38.4 Å². The average molecular weight is 491 g/mol. The molecule has 2 atom stereocenters. The molecular weight excluding hydrogens is 468 g/mol. The zero-order chi connectivity index (χ0) is 24.0. The summed E-state index contributed by atoms with van der Waals surface area (Å²) in [6.07, 6.45) is 2.91. The first kappa shape index (κ1) is 23.4. The molecule has 4 rings (SSSR count). The molecule has 33 heavy (non-hydrogen) atoms. The van der Waals surface area contributed by atoms with Gasteiger partial charge in [0, 0.05) is 6.07 Å². The number of ether oxygens (including phenoxy) is 1. The second kappa shape index (κ2) is 8.52. The number of hydrogen-bond acceptors (Lipinski definition) is 6. The second-order valence-electron chi connectivity index (χ2n) is 8.73. The maximum absolute atomic E-state index is 13.4. The van der Waals surface area contributed by atoms with Crippen molar-refractivity contribution in [2.24, 2.45) is 0 Å². The number of nitriles is 1. The highest BCUT2D eigenvalue weighted by Crippen LogP contribution is 2.44. The summed E-state index contributed by atoms with van der Waals surface area (Å²) in [6, 6.07) is 8.60. The molecule has 2 aliphatic carbocycles. The lowest BCUT2D eigenvalue weighted by Crippen LogP contribution is -2.38. The van der Waals surface area contributed by atoms with Gasteiger partial charge < -0.3 is 14.9 Å². The van der Waals surface area contributed by atoms with E-state index in [0.717, 1.165) is 25.3 Å². The number of anilines is 1. The van der Waals surface area contributed by atoms with Gasteiger partial charge in [-0.15, -0.1) is 0 Å². The Hall–Kier alpha value is -2.80. The number of benzene rings is 2. The molecule has 3 N–H and O–H groups in total. The Kier molecular flexibility index (Phi) is 6.03. The third-order valence-corrected chi connectivity index (χ3v) is 7.85. The summed E-state index contributed by atoms with van der Waals surface area (Å²) in [5.74, 6) is -1.11. The number of carboxylic acid groups (broad SMARTS) is 1. The third-order valence-electron chi connectivity index (χ3n) is 6.11. The predicted octanol–water partition coefficient (Wildman–Crippen LogP) is 4.27. The van der Waals surface area contributed by atoms with Crippen molar-refractivity contribution in [3.05, 3.63) is 52.0 Å². The van der Waals surface area contributed by atoms with E-state index in [4.69, 9.17) is 16.3 Å². The van der Waals surface area contributed by atoms with Crippen LogP contribution in [0, 0.1) is 11.3 Å². The number of carboxylic acids is 1. The maximum Gasteiger partial charge on any atom is 0.335 e. The van der Waals surface area contributed by atoms with E-state index in [1.54, 1.807) is 6.92 Å². The lowest BCUT2D eigenvalue weighted by molar-refractivity contribution is -0.0248. The standard InChI is InChI=1S/C23H23ClN2O6S/c1-23(29)8-2-3-21(23)32-19-11-17(24)15(12-25)9-18(19)26-33(30,31)20-10-14(22(27)28)6-7-16(20)13-4-5-13/h6-7,9-11,13,21,26,29H,2-5,8H2,1H3,(H,27,28)/t21?,23-/m1/s1. The van der Waals surface area contributed by atoms with Gasteiger partial charge in [-0.05, 0) is 68.7 Å². The summed E-state index contributed by atoms with van der Waals surface area (Å²) in [5, 5.41) is 29.4. The molecule has 0 radical (unpaired) electrons. The Morgan fingerprint density at radius 2 is 2.00 bits per heavy atom. The van der Waals surface area contributed by atoms with E-state index < -0.39 is 27.7 Å². The van der Waals surface area contributed by atoms with Crippen molar-refractivity contribution in [3.63, 3.8) is 0 Å². The normalized spacial score (nSPS) is 22.5. The topological polar surface area (TPSA) is 137 Å². The molecule has 0 spiro atoms. The Labute approximate surface area is 196 Å². The van der Waals surface area contributed by atoms with Crippen LogP contribution in [-0.4, -0.2) is 36.3 Å². The van der Waals surface area contributed by atoms with Gasteiger partial charge in [-0.1, -0.05) is 17.7 Å². The first-order valence-corrected chi connectivity index (χ1v) is 12.4. The summed E-state index contributed by atoms with van der Waals surface area (Å²) >= 11 is 6.17. The van der Waals surface area contributed by atoms with Gasteiger partial charge in [-0.2, -0.15) is 5.26 Å². The largest absolute Gasteiger partial charge is 0.485 e. The fraction of sp³-hybridized carbons (Fsp3) is 0.391. The molecule has 0 heterocycles. The first-order chi connectivity index (χ1) is 15.5. The Morgan fingerprint density at radius 3 is 2.58 bits per heavy atom. The van der Waals surface area contributed by atoms with E-state index in [1.807, 2.05) is 6.07 Å². The number of rotatable bonds is 7. The smallest absolute Gasteiger partial charge is 0.335 e. The molecule has 2 fully saturated rings. The highest BCUT2D eigenvalue weighted by molar-refractivity contribution is 7.92. The van der Waals surface area contributed by atoms with E-state index >= 15 is 0 Å². The average Bonchev–Trinajstić information content (AvgIpc) is 3.54. The summed E-state index contributed by atoms with van der Waals surface area (Å²) in [6.45, 7) is 1.65. The molecule has 0 amide bonds. The minimum atomic E-state index is -4.24. The lowest BCUT2D eigenvalue weighted by atomic mass is 10.0. The number of sulfonamides is 1. The number of halogens is 1. The van der Waals surface area contributed by atoms with Gasteiger partial charge in [-0.3, -0.25) is 4.72 Å². The fourth-order valence-corrected chi connectivity index (χ4v) is 5.69. The van der Waals surface area contributed by atoms with Crippen molar-refractivity contribution >= 4 is 33.3 Å². The van der Waals surface area contributed by atoms with Gasteiger partial charge in [0.1, 0.15) is 17.9 Å². The quantitative estimate of drug-likeness (QED) is 0.527. The van der Waals surface area contributed by atoms with Gasteiger partial charge in [0.15, 0.2) is 0 Å². The maximum atomic E-state index is 13.4. The molecule has 2 aromatic rings. The monoisotopic (exact) mass is 490 g/mol.